The molecule has 3 heterocycles. The maximum Gasteiger partial charge on any atom is 0.252 e. The van der Waals surface area contributed by atoms with Crippen LogP contribution in [-0.2, 0) is 27.1 Å². The third-order valence-corrected chi connectivity index (χ3v) is 23.2. The van der Waals surface area contributed by atoms with Crippen molar-refractivity contribution >= 4 is 111 Å². The summed E-state index contributed by atoms with van der Waals surface area (Å²) < 4.78 is 2.52. The molecule has 0 saturated carbocycles. The average Bonchev–Trinajstić information content (AvgIpc) is 0.773. The van der Waals surface area contributed by atoms with Crippen molar-refractivity contribution in [2.45, 2.75) is 131 Å². The highest BCUT2D eigenvalue weighted by atomic mass is 15.2. The molecule has 0 N–H and O–H groups in total. The molecule has 0 atom stereocenters. The molecule has 106 heavy (non-hydrogen) atoms. The van der Waals surface area contributed by atoms with Crippen molar-refractivity contribution in [1.82, 2.24) is 4.57 Å². The minimum atomic E-state index is -0.330. The normalized spacial score (nSPS) is 13.4. The zero-order valence-corrected chi connectivity index (χ0v) is 64.1. The molecule has 0 radical (unpaired) electrons. The first kappa shape index (κ1) is 66.7. The van der Waals surface area contributed by atoms with Crippen LogP contribution >= 0.6 is 0 Å². The Morgan fingerprint density at radius 1 is 0.245 bits per heavy atom. The molecule has 0 bridgehead atoms. The summed E-state index contributed by atoms with van der Waals surface area (Å²) in [5, 5.41) is 10.3. The van der Waals surface area contributed by atoms with E-state index >= 15 is 0 Å². The number of aromatic nitrogens is 1. The fourth-order valence-corrected chi connectivity index (χ4v) is 17.4. The third kappa shape index (κ3) is 10.9. The van der Waals surface area contributed by atoms with Crippen LogP contribution in [0.4, 0.5) is 34.1 Å². The standard InChI is InChI=1S/C102H92BN3/c1-98(2,3)71-50-68-44-45-69-51-72(99(4,5)6)59-84-79(53-70(52-71)93(68)94(69)84)67-46-48-85-89(54-67)105(96-80(63-32-20-16-21-33-63)55-73(100(7,8)9)56-81(96)64-34-22-17-23-35-64)91-60-75(102(13,14)15)61-92-95(91)103(85)86-49-47-76(104-87-42-30-28-40-77(87)78-41-29-31-43-88(78)104)62-90(86)106(92)97-82(65-36-24-18-25-37-65)57-74(101(10,11)12)58-83(97)66-38-26-19-27-39-66/h16-62H,1-15H3. The summed E-state index contributed by atoms with van der Waals surface area (Å²) in [6.45, 7) is 35.4. The quantitative estimate of drug-likeness (QED) is 0.111. The fraction of sp³-hybridized carbons (Fsp3) is 0.196. The minimum absolute atomic E-state index is 0.0673. The Balaban J connectivity index is 1.04. The Bertz CT molecular complexity index is 6030. The van der Waals surface area contributed by atoms with E-state index in [1.165, 1.54) is 154 Å². The van der Waals surface area contributed by atoms with E-state index in [0.29, 0.717) is 0 Å². The van der Waals surface area contributed by atoms with E-state index < -0.39 is 0 Å². The SMILES string of the molecule is CC(C)(C)c1cc(-c2ccccc2)c(N2c3cc(-c4cc5cc(C(C)(C)C)cc6ccc7cc(C(C)(C)C)cc4c7c65)ccc3B3c4ccc(-n5c6ccccc6c6ccccc65)cc4N(c4c(-c5ccccc5)cc(C(C)(C)C)cc4-c4ccccc4)c4cc(C(C)(C)C)cc2c43)c(-c2ccccc2)c1. The highest BCUT2D eigenvalue weighted by molar-refractivity contribution is 7.00. The van der Waals surface area contributed by atoms with E-state index in [9.17, 15) is 0 Å². The number of anilines is 6. The Labute approximate surface area is 626 Å². The van der Waals surface area contributed by atoms with Crippen LogP contribution in [0.5, 0.6) is 0 Å². The van der Waals surface area contributed by atoms with Gasteiger partial charge < -0.3 is 14.4 Å². The lowest BCUT2D eigenvalue weighted by Crippen LogP contribution is -2.61. The summed E-state index contributed by atoms with van der Waals surface area (Å²) in [6, 6.07) is 111. The molecule has 0 aliphatic carbocycles. The summed E-state index contributed by atoms with van der Waals surface area (Å²) in [5.41, 5.74) is 31.6. The van der Waals surface area contributed by atoms with E-state index in [0.717, 1.165) is 39.6 Å². The molecule has 16 aromatic rings. The van der Waals surface area contributed by atoms with E-state index in [1.54, 1.807) is 0 Å². The smallest absolute Gasteiger partial charge is 0.252 e. The van der Waals surface area contributed by atoms with Crippen LogP contribution in [0.1, 0.15) is 132 Å². The summed E-state index contributed by atoms with van der Waals surface area (Å²) in [7, 11) is 0. The second-order valence-electron chi connectivity index (χ2n) is 35.4. The molecule has 2 aliphatic rings. The van der Waals surface area contributed by atoms with E-state index in [1.807, 2.05) is 0 Å². The number of hydrogen-bond donors (Lipinski definition) is 0. The maximum absolute atomic E-state index is 2.77. The van der Waals surface area contributed by atoms with Gasteiger partial charge in [0.1, 0.15) is 0 Å². The van der Waals surface area contributed by atoms with Gasteiger partial charge in [0.25, 0.3) is 6.71 Å². The van der Waals surface area contributed by atoms with Crippen molar-refractivity contribution in [3.05, 3.63) is 313 Å². The predicted molar refractivity (Wildman–Crippen MR) is 459 cm³/mol. The van der Waals surface area contributed by atoms with Crippen molar-refractivity contribution in [3.8, 4) is 61.3 Å². The monoisotopic (exact) mass is 1370 g/mol. The lowest BCUT2D eigenvalue weighted by molar-refractivity contribution is 0.590. The van der Waals surface area contributed by atoms with Crippen LogP contribution in [0.15, 0.2) is 285 Å². The highest BCUT2D eigenvalue weighted by Gasteiger charge is 2.47. The van der Waals surface area contributed by atoms with Gasteiger partial charge in [-0.2, -0.15) is 0 Å². The lowest BCUT2D eigenvalue weighted by atomic mass is 9.33. The van der Waals surface area contributed by atoms with E-state index in [-0.39, 0.29) is 33.8 Å². The largest absolute Gasteiger partial charge is 0.310 e. The van der Waals surface area contributed by atoms with Gasteiger partial charge in [0, 0.05) is 61.5 Å². The number of nitrogens with zero attached hydrogens (tertiary/aromatic N) is 3. The minimum Gasteiger partial charge on any atom is -0.310 e. The summed E-state index contributed by atoms with van der Waals surface area (Å²) in [4.78, 5) is 5.51. The Kier molecular flexibility index (Phi) is 15.2. The predicted octanol–water partition coefficient (Wildman–Crippen LogP) is 26.6. The summed E-state index contributed by atoms with van der Waals surface area (Å²) in [5.74, 6) is 0. The third-order valence-electron chi connectivity index (χ3n) is 23.2. The van der Waals surface area contributed by atoms with Crippen molar-refractivity contribution in [2.75, 3.05) is 9.80 Å². The van der Waals surface area contributed by atoms with Crippen LogP contribution in [0.3, 0.4) is 0 Å². The molecule has 1 aromatic heterocycles. The molecule has 0 unspecified atom stereocenters. The van der Waals surface area contributed by atoms with Gasteiger partial charge in [-0.1, -0.05) is 310 Å². The number of hydrogen-bond acceptors (Lipinski definition) is 2. The molecule has 4 heteroatoms. The first-order valence-electron chi connectivity index (χ1n) is 38.2. The van der Waals surface area contributed by atoms with Gasteiger partial charge in [-0.15, -0.1) is 0 Å². The van der Waals surface area contributed by atoms with Crippen molar-refractivity contribution in [2.24, 2.45) is 0 Å². The zero-order chi connectivity index (χ0) is 73.3. The van der Waals surface area contributed by atoms with Crippen LogP contribution in [-0.4, -0.2) is 11.3 Å². The molecule has 18 rings (SSSR count). The number of fused-ring (bicyclic) bond motifs is 7. The van der Waals surface area contributed by atoms with Gasteiger partial charge in [-0.05, 0) is 216 Å². The molecule has 0 fully saturated rings. The van der Waals surface area contributed by atoms with Gasteiger partial charge in [-0.25, -0.2) is 0 Å². The maximum atomic E-state index is 2.77. The lowest BCUT2D eigenvalue weighted by Gasteiger charge is -2.47. The topological polar surface area (TPSA) is 11.4 Å². The van der Waals surface area contributed by atoms with Gasteiger partial charge in [0.15, 0.2) is 0 Å². The first-order chi connectivity index (χ1) is 50.7. The first-order valence-corrected chi connectivity index (χ1v) is 38.2. The molecule has 0 amide bonds. The Morgan fingerprint density at radius 3 is 1.04 bits per heavy atom. The molecular formula is C102H92BN3. The summed E-state index contributed by atoms with van der Waals surface area (Å²) >= 11 is 0. The molecule has 518 valence electrons. The van der Waals surface area contributed by atoms with Gasteiger partial charge in [0.05, 0.1) is 22.4 Å². The Morgan fingerprint density at radius 2 is 0.604 bits per heavy atom. The van der Waals surface area contributed by atoms with Gasteiger partial charge >= 0.3 is 0 Å². The molecule has 0 spiro atoms. The van der Waals surface area contributed by atoms with Gasteiger partial charge in [0.2, 0.25) is 0 Å². The fourth-order valence-electron chi connectivity index (χ4n) is 17.4. The van der Waals surface area contributed by atoms with Crippen molar-refractivity contribution in [3.63, 3.8) is 0 Å². The van der Waals surface area contributed by atoms with Crippen molar-refractivity contribution in [1.29, 1.82) is 0 Å². The second kappa shape index (κ2) is 24.2. The van der Waals surface area contributed by atoms with Crippen molar-refractivity contribution < 1.29 is 0 Å². The Hall–Kier alpha value is -11.2. The second-order valence-corrected chi connectivity index (χ2v) is 35.4. The molecule has 3 nitrogen and oxygen atoms in total. The van der Waals surface area contributed by atoms with Crippen LogP contribution in [0, 0.1) is 0 Å². The van der Waals surface area contributed by atoms with E-state index in [4.69, 9.17) is 0 Å². The number of rotatable bonds is 8. The molecule has 15 aromatic carbocycles. The van der Waals surface area contributed by atoms with Crippen LogP contribution < -0.4 is 26.2 Å². The number of benzene rings is 15. The highest BCUT2D eigenvalue weighted by Crippen LogP contribution is 2.56. The number of para-hydroxylation sites is 2. The molecular weight excluding hydrogens is 1280 g/mol. The van der Waals surface area contributed by atoms with Crippen LogP contribution in [0.2, 0.25) is 0 Å². The zero-order valence-electron chi connectivity index (χ0n) is 64.1. The van der Waals surface area contributed by atoms with E-state index in [2.05, 4.69) is 403 Å². The molecule has 2 aliphatic heterocycles. The van der Waals surface area contributed by atoms with Gasteiger partial charge in [-0.3, -0.25) is 0 Å². The molecule has 0 saturated heterocycles. The average molecular weight is 1370 g/mol. The summed E-state index contributed by atoms with van der Waals surface area (Å²) in [6.07, 6.45) is 0. The van der Waals surface area contributed by atoms with Crippen LogP contribution in [0.25, 0.3) is 115 Å².